The first-order valence-electron chi connectivity index (χ1n) is 8.65. The van der Waals surface area contributed by atoms with Crippen LogP contribution in [0.4, 0.5) is 0 Å². The van der Waals surface area contributed by atoms with Gasteiger partial charge in [0.2, 0.25) is 5.91 Å². The molecule has 0 aromatic carbocycles. The number of carbonyl (C=O) groups excluding carboxylic acids is 1. The molecular weight excluding hydrogens is 348 g/mol. The summed E-state index contributed by atoms with van der Waals surface area (Å²) >= 11 is 1.62. The molecule has 0 saturated heterocycles. The Kier molecular flexibility index (Phi) is 3.99. The van der Waals surface area contributed by atoms with E-state index in [9.17, 15) is 4.79 Å². The zero-order valence-corrected chi connectivity index (χ0v) is 15.9. The average molecular weight is 370 g/mol. The van der Waals surface area contributed by atoms with Gasteiger partial charge in [-0.05, 0) is 48.8 Å². The topological polar surface area (TPSA) is 80.8 Å². The van der Waals surface area contributed by atoms with Crippen molar-refractivity contribution in [3.05, 3.63) is 34.8 Å². The van der Waals surface area contributed by atoms with Crippen molar-refractivity contribution in [2.75, 3.05) is 14.2 Å². The first-order chi connectivity index (χ1) is 12.4. The molecule has 136 valence electrons. The molecule has 26 heavy (non-hydrogen) atoms. The van der Waals surface area contributed by atoms with Crippen LogP contribution in [0.25, 0.3) is 11.1 Å². The summed E-state index contributed by atoms with van der Waals surface area (Å²) in [6.45, 7) is 2.03. The maximum Gasteiger partial charge on any atom is 0.235 e. The van der Waals surface area contributed by atoms with E-state index in [0.717, 1.165) is 28.8 Å². The fourth-order valence-corrected chi connectivity index (χ4v) is 4.75. The Hall–Kier alpha value is -2.41. The number of guanidine groups is 1. The number of carbonyl (C=O) groups is 1. The van der Waals surface area contributed by atoms with E-state index < -0.39 is 5.54 Å². The van der Waals surface area contributed by atoms with Crippen LogP contribution in [0, 0.1) is 11.8 Å². The lowest BCUT2D eigenvalue weighted by molar-refractivity contribution is -0.134. The maximum absolute atomic E-state index is 12.9. The highest BCUT2D eigenvalue weighted by Crippen LogP contribution is 2.51. The molecule has 1 saturated carbocycles. The van der Waals surface area contributed by atoms with Gasteiger partial charge in [-0.15, -0.1) is 11.3 Å². The number of hydrogen-bond donors (Lipinski definition) is 1. The third kappa shape index (κ3) is 2.67. The first-order valence-corrected chi connectivity index (χ1v) is 9.53. The van der Waals surface area contributed by atoms with Crippen molar-refractivity contribution in [2.24, 2.45) is 22.6 Å². The number of rotatable bonds is 4. The molecule has 2 aromatic heterocycles. The lowest BCUT2D eigenvalue weighted by atomic mass is 9.79. The highest BCUT2D eigenvalue weighted by Gasteiger charge is 2.53. The van der Waals surface area contributed by atoms with Gasteiger partial charge in [-0.1, -0.05) is 0 Å². The summed E-state index contributed by atoms with van der Waals surface area (Å²) in [5, 5.41) is 2.08. The first kappa shape index (κ1) is 17.0. The van der Waals surface area contributed by atoms with Crippen LogP contribution in [0.1, 0.15) is 24.6 Å². The van der Waals surface area contributed by atoms with Gasteiger partial charge in [0.05, 0.1) is 19.2 Å². The highest BCUT2D eigenvalue weighted by atomic mass is 32.1. The molecule has 4 rings (SSSR count). The summed E-state index contributed by atoms with van der Waals surface area (Å²) in [5.74, 6) is 1.30. The van der Waals surface area contributed by atoms with Gasteiger partial charge in [-0.25, -0.2) is 4.99 Å². The molecule has 2 aromatic rings. The van der Waals surface area contributed by atoms with Crippen molar-refractivity contribution in [3.8, 4) is 16.9 Å². The molecule has 1 aliphatic heterocycles. The minimum Gasteiger partial charge on any atom is -0.495 e. The molecule has 1 amide bonds. The summed E-state index contributed by atoms with van der Waals surface area (Å²) in [7, 11) is 3.33. The van der Waals surface area contributed by atoms with Crippen molar-refractivity contribution in [2.45, 2.75) is 25.3 Å². The van der Waals surface area contributed by atoms with E-state index in [-0.39, 0.29) is 17.8 Å². The Morgan fingerprint density at radius 3 is 2.77 bits per heavy atom. The normalized spacial score (nSPS) is 26.0. The molecule has 0 unspecified atom stereocenters. The smallest absolute Gasteiger partial charge is 0.235 e. The molecular formula is C19H22N4O2S. The molecule has 2 aliphatic rings. The fraction of sp³-hybridized carbons (Fsp3) is 0.421. The second-order valence-electron chi connectivity index (χ2n) is 7.14. The number of aliphatic imine (C=N–C) groups is 1. The van der Waals surface area contributed by atoms with Gasteiger partial charge < -0.3 is 10.5 Å². The number of methoxy groups -OCH3 is 1. The number of thiophene rings is 1. The molecule has 0 radical (unpaired) electrons. The number of nitrogens with two attached hydrogens (primary N) is 1. The molecule has 1 fully saturated rings. The summed E-state index contributed by atoms with van der Waals surface area (Å²) in [6, 6.07) is 4.06. The molecule has 2 atom stereocenters. The molecule has 6 nitrogen and oxygen atoms in total. The predicted molar refractivity (Wildman–Crippen MR) is 102 cm³/mol. The van der Waals surface area contributed by atoms with Gasteiger partial charge in [0.1, 0.15) is 11.3 Å². The molecule has 0 bridgehead atoms. The molecule has 7 heteroatoms. The quantitative estimate of drug-likeness (QED) is 0.897. The van der Waals surface area contributed by atoms with E-state index in [1.54, 1.807) is 31.7 Å². The Morgan fingerprint density at radius 2 is 2.08 bits per heavy atom. The van der Waals surface area contributed by atoms with Crippen LogP contribution in [0.3, 0.4) is 0 Å². The van der Waals surface area contributed by atoms with Crippen LogP contribution >= 0.6 is 11.3 Å². The van der Waals surface area contributed by atoms with Crippen LogP contribution in [0.5, 0.6) is 5.75 Å². The monoisotopic (exact) mass is 370 g/mol. The largest absolute Gasteiger partial charge is 0.495 e. The Labute approximate surface area is 156 Å². The Morgan fingerprint density at radius 1 is 1.31 bits per heavy atom. The van der Waals surface area contributed by atoms with Crippen molar-refractivity contribution in [1.82, 2.24) is 9.88 Å². The zero-order valence-electron chi connectivity index (χ0n) is 15.1. The number of ether oxygens (including phenoxy) is 1. The van der Waals surface area contributed by atoms with Gasteiger partial charge in [0.15, 0.2) is 5.96 Å². The summed E-state index contributed by atoms with van der Waals surface area (Å²) in [5.41, 5.74) is 7.46. The van der Waals surface area contributed by atoms with Gasteiger partial charge >= 0.3 is 0 Å². The van der Waals surface area contributed by atoms with Crippen LogP contribution in [-0.4, -0.2) is 35.9 Å². The standard InChI is InChI=1S/C19H22N4O2S/c1-19(16(11-4-5-11)17(24)23(2)18(20)22-19)15-7-13(10-26-15)12-6-14(25-3)9-21-8-12/h6-11,16H,4-5H2,1-3H3,(H2,20,22)/t16-,19-/m1/s1. The number of pyridine rings is 1. The van der Waals surface area contributed by atoms with Crippen LogP contribution in [-0.2, 0) is 10.3 Å². The fourth-order valence-electron chi connectivity index (χ4n) is 3.68. The zero-order chi connectivity index (χ0) is 18.5. The lowest BCUT2D eigenvalue weighted by Crippen LogP contribution is -2.54. The van der Waals surface area contributed by atoms with Crippen molar-refractivity contribution in [1.29, 1.82) is 0 Å². The van der Waals surface area contributed by atoms with Crippen molar-refractivity contribution >= 4 is 23.2 Å². The van der Waals surface area contributed by atoms with Gasteiger partial charge in [0, 0.05) is 23.7 Å². The van der Waals surface area contributed by atoms with E-state index in [4.69, 9.17) is 15.5 Å². The maximum atomic E-state index is 12.9. The van der Waals surface area contributed by atoms with Crippen molar-refractivity contribution < 1.29 is 9.53 Å². The van der Waals surface area contributed by atoms with Crippen molar-refractivity contribution in [3.63, 3.8) is 0 Å². The SMILES string of the molecule is COc1cncc(-c2csc([C@@]3(C)N=C(N)N(C)C(=O)[C@H]3C3CC3)c2)c1. The number of amides is 1. The molecule has 2 N–H and O–H groups in total. The van der Waals surface area contributed by atoms with Gasteiger partial charge in [0.25, 0.3) is 0 Å². The summed E-state index contributed by atoms with van der Waals surface area (Å²) in [4.78, 5) is 24.5. The van der Waals surface area contributed by atoms with E-state index in [0.29, 0.717) is 11.7 Å². The third-order valence-electron chi connectivity index (χ3n) is 5.37. The second kappa shape index (κ2) is 6.09. The number of aromatic nitrogens is 1. The van der Waals surface area contributed by atoms with E-state index >= 15 is 0 Å². The van der Waals surface area contributed by atoms with Gasteiger partial charge in [-0.3, -0.25) is 14.7 Å². The van der Waals surface area contributed by atoms with Crippen LogP contribution in [0.2, 0.25) is 0 Å². The predicted octanol–water partition coefficient (Wildman–Crippen LogP) is 2.85. The van der Waals surface area contributed by atoms with Gasteiger partial charge in [-0.2, -0.15) is 0 Å². The van der Waals surface area contributed by atoms with E-state index in [1.807, 2.05) is 19.2 Å². The highest BCUT2D eigenvalue weighted by molar-refractivity contribution is 7.10. The third-order valence-corrected chi connectivity index (χ3v) is 6.52. The Balaban J connectivity index is 1.76. The summed E-state index contributed by atoms with van der Waals surface area (Å²) in [6.07, 6.45) is 5.65. The molecule has 3 heterocycles. The minimum absolute atomic E-state index is 0.0699. The summed E-state index contributed by atoms with van der Waals surface area (Å²) < 4.78 is 5.27. The Bertz CT molecular complexity index is 889. The van der Waals surface area contributed by atoms with Crippen LogP contribution in [0.15, 0.2) is 34.9 Å². The minimum atomic E-state index is -0.621. The van der Waals surface area contributed by atoms with Crippen LogP contribution < -0.4 is 10.5 Å². The molecule has 0 spiro atoms. The average Bonchev–Trinajstić information content (AvgIpc) is 3.33. The molecule has 1 aliphatic carbocycles. The number of nitrogens with zero attached hydrogens (tertiary/aromatic N) is 3. The lowest BCUT2D eigenvalue weighted by Gasteiger charge is -2.40. The van der Waals surface area contributed by atoms with E-state index in [2.05, 4.69) is 16.4 Å². The number of hydrogen-bond acceptors (Lipinski definition) is 6. The van der Waals surface area contributed by atoms with E-state index in [1.165, 1.54) is 4.90 Å². The second-order valence-corrected chi connectivity index (χ2v) is 8.05.